The van der Waals surface area contributed by atoms with Crippen molar-refractivity contribution < 1.29 is 4.79 Å². The number of carbonyl (C=O) groups excluding carboxylic acids is 1. The first-order valence-corrected chi connectivity index (χ1v) is 8.69. The summed E-state index contributed by atoms with van der Waals surface area (Å²) in [5.74, 6) is -0.142. The smallest absolute Gasteiger partial charge is 0.255 e. The summed E-state index contributed by atoms with van der Waals surface area (Å²) in [6.07, 6.45) is 1.71. The highest BCUT2D eigenvalue weighted by Gasteiger charge is 2.08. The van der Waals surface area contributed by atoms with Gasteiger partial charge in [-0.2, -0.15) is 5.10 Å². The summed E-state index contributed by atoms with van der Waals surface area (Å²) in [5.41, 5.74) is 5.51. The molecular weight excluding hydrogens is 336 g/mol. The summed E-state index contributed by atoms with van der Waals surface area (Å²) in [7, 11) is 0. The molecule has 3 N–H and O–H groups in total. The molecule has 2 aromatic heterocycles. The Labute approximate surface area is 155 Å². The van der Waals surface area contributed by atoms with E-state index >= 15 is 0 Å². The molecule has 1 amide bonds. The molecule has 0 unspecified atom stereocenters. The molecule has 0 bridgehead atoms. The Hall–Kier alpha value is -3.86. The molecule has 0 saturated carbocycles. The van der Waals surface area contributed by atoms with Crippen LogP contribution in [0.1, 0.15) is 10.4 Å². The van der Waals surface area contributed by atoms with Gasteiger partial charge in [-0.3, -0.25) is 9.89 Å². The zero-order valence-corrected chi connectivity index (χ0v) is 14.4. The zero-order valence-electron chi connectivity index (χ0n) is 14.4. The van der Waals surface area contributed by atoms with Crippen LogP contribution in [0.3, 0.4) is 0 Å². The third-order valence-corrected chi connectivity index (χ3v) is 4.69. The van der Waals surface area contributed by atoms with Gasteiger partial charge in [0.2, 0.25) is 0 Å². The molecule has 27 heavy (non-hydrogen) atoms. The third kappa shape index (κ3) is 2.85. The topological polar surface area (TPSA) is 73.6 Å². The van der Waals surface area contributed by atoms with E-state index in [0.717, 1.165) is 33.4 Å². The van der Waals surface area contributed by atoms with Gasteiger partial charge in [0, 0.05) is 33.2 Å². The maximum absolute atomic E-state index is 12.5. The molecule has 5 aromatic rings. The van der Waals surface area contributed by atoms with E-state index in [2.05, 4.69) is 38.7 Å². The second-order valence-corrected chi connectivity index (χ2v) is 6.47. The lowest BCUT2D eigenvalue weighted by molar-refractivity contribution is 0.102. The van der Waals surface area contributed by atoms with Crippen molar-refractivity contribution in [3.63, 3.8) is 0 Å². The van der Waals surface area contributed by atoms with Crippen LogP contribution in [0.25, 0.3) is 33.1 Å². The first-order valence-electron chi connectivity index (χ1n) is 8.69. The molecule has 0 radical (unpaired) electrons. The molecule has 0 spiro atoms. The molecule has 2 heterocycles. The van der Waals surface area contributed by atoms with E-state index in [4.69, 9.17) is 0 Å². The van der Waals surface area contributed by atoms with Crippen LogP contribution in [0, 0.1) is 0 Å². The maximum Gasteiger partial charge on any atom is 0.255 e. The lowest BCUT2D eigenvalue weighted by atomic mass is 10.1. The number of fused-ring (bicyclic) bond motifs is 2. The Bertz CT molecular complexity index is 1230. The number of carbonyl (C=O) groups is 1. The van der Waals surface area contributed by atoms with Crippen molar-refractivity contribution in [3.8, 4) is 11.3 Å². The van der Waals surface area contributed by atoms with Crippen LogP contribution in [0.15, 0.2) is 79.0 Å². The molecular formula is C22H16N4O. The summed E-state index contributed by atoms with van der Waals surface area (Å²) < 4.78 is 0. The Morgan fingerprint density at radius 2 is 1.70 bits per heavy atom. The highest BCUT2D eigenvalue weighted by atomic mass is 16.1. The van der Waals surface area contributed by atoms with Crippen molar-refractivity contribution in [2.24, 2.45) is 0 Å². The fraction of sp³-hybridized carbons (Fsp3) is 0. The second-order valence-electron chi connectivity index (χ2n) is 6.47. The quantitative estimate of drug-likeness (QED) is 0.429. The number of aromatic amines is 2. The Morgan fingerprint density at radius 3 is 2.56 bits per heavy atom. The number of rotatable bonds is 3. The number of nitrogens with zero attached hydrogens (tertiary/aromatic N) is 1. The van der Waals surface area contributed by atoms with Crippen LogP contribution >= 0.6 is 0 Å². The first kappa shape index (κ1) is 15.4. The van der Waals surface area contributed by atoms with Crippen molar-refractivity contribution in [2.75, 3.05) is 5.32 Å². The molecule has 0 fully saturated rings. The van der Waals surface area contributed by atoms with Gasteiger partial charge in [-0.25, -0.2) is 0 Å². The molecule has 0 aliphatic heterocycles. The van der Waals surface area contributed by atoms with Gasteiger partial charge in [-0.15, -0.1) is 0 Å². The number of amides is 1. The van der Waals surface area contributed by atoms with E-state index in [1.54, 1.807) is 12.3 Å². The number of benzene rings is 3. The molecule has 0 aliphatic carbocycles. The van der Waals surface area contributed by atoms with Crippen molar-refractivity contribution in [1.29, 1.82) is 0 Å². The highest BCUT2D eigenvalue weighted by Crippen LogP contribution is 2.25. The molecule has 130 valence electrons. The van der Waals surface area contributed by atoms with Crippen molar-refractivity contribution >= 4 is 33.4 Å². The van der Waals surface area contributed by atoms with Crippen LogP contribution in [-0.2, 0) is 0 Å². The first-order chi connectivity index (χ1) is 13.3. The van der Waals surface area contributed by atoms with Gasteiger partial charge >= 0.3 is 0 Å². The monoisotopic (exact) mass is 352 g/mol. The van der Waals surface area contributed by atoms with Crippen LogP contribution in [0.5, 0.6) is 0 Å². The number of H-pyrrole nitrogens is 2. The molecule has 5 heteroatoms. The SMILES string of the molecule is O=C(Nc1ccc(-c2cc3ccccc3[nH]2)cc1)c1ccc2[nH]ncc2c1. The number of para-hydroxylation sites is 1. The summed E-state index contributed by atoms with van der Waals surface area (Å²) >= 11 is 0. The summed E-state index contributed by atoms with van der Waals surface area (Å²) in [6.45, 7) is 0. The molecule has 0 aliphatic rings. The molecule has 5 rings (SSSR count). The average Bonchev–Trinajstić information content (AvgIpc) is 3.34. The Kier molecular flexibility index (Phi) is 3.50. The van der Waals surface area contributed by atoms with Crippen molar-refractivity contribution in [1.82, 2.24) is 15.2 Å². The normalized spacial score (nSPS) is 11.1. The van der Waals surface area contributed by atoms with E-state index < -0.39 is 0 Å². The van der Waals surface area contributed by atoms with E-state index in [1.807, 2.05) is 48.5 Å². The average molecular weight is 352 g/mol. The maximum atomic E-state index is 12.5. The van der Waals surface area contributed by atoms with Crippen LogP contribution in [-0.4, -0.2) is 21.1 Å². The zero-order chi connectivity index (χ0) is 18.2. The van der Waals surface area contributed by atoms with Gasteiger partial charge in [-0.1, -0.05) is 30.3 Å². The molecule has 3 aromatic carbocycles. The van der Waals surface area contributed by atoms with Gasteiger partial charge in [0.1, 0.15) is 0 Å². The lowest BCUT2D eigenvalue weighted by Crippen LogP contribution is -2.11. The number of anilines is 1. The van der Waals surface area contributed by atoms with E-state index in [0.29, 0.717) is 5.56 Å². The molecule has 0 saturated heterocycles. The van der Waals surface area contributed by atoms with Crippen LogP contribution in [0.2, 0.25) is 0 Å². The minimum Gasteiger partial charge on any atom is -0.355 e. The van der Waals surface area contributed by atoms with Gasteiger partial charge < -0.3 is 10.3 Å². The van der Waals surface area contributed by atoms with E-state index in [1.165, 1.54) is 5.39 Å². The number of hydrogen-bond acceptors (Lipinski definition) is 2. The third-order valence-electron chi connectivity index (χ3n) is 4.69. The standard InChI is InChI=1S/C22H16N4O/c27-22(16-7-10-20-17(11-16)13-23-26-20)24-18-8-5-14(6-9-18)21-12-15-3-1-2-4-19(15)25-21/h1-13,25H,(H,23,26)(H,24,27). The number of hydrogen-bond donors (Lipinski definition) is 3. The summed E-state index contributed by atoms with van der Waals surface area (Å²) in [5, 5.41) is 11.9. The molecule has 0 atom stereocenters. The van der Waals surface area contributed by atoms with Gasteiger partial charge in [-0.05, 0) is 48.0 Å². The van der Waals surface area contributed by atoms with Crippen molar-refractivity contribution in [2.45, 2.75) is 0 Å². The van der Waals surface area contributed by atoms with E-state index in [9.17, 15) is 4.79 Å². The van der Waals surface area contributed by atoms with Crippen molar-refractivity contribution in [3.05, 3.63) is 84.6 Å². The van der Waals surface area contributed by atoms with Crippen LogP contribution in [0.4, 0.5) is 5.69 Å². The summed E-state index contributed by atoms with van der Waals surface area (Å²) in [6, 6.07) is 23.6. The summed E-state index contributed by atoms with van der Waals surface area (Å²) in [4.78, 5) is 15.9. The Morgan fingerprint density at radius 1 is 0.852 bits per heavy atom. The largest absolute Gasteiger partial charge is 0.355 e. The molecule has 5 nitrogen and oxygen atoms in total. The van der Waals surface area contributed by atoms with Gasteiger partial charge in [0.05, 0.1) is 11.7 Å². The predicted molar refractivity (Wildman–Crippen MR) is 108 cm³/mol. The minimum absolute atomic E-state index is 0.142. The second kappa shape index (κ2) is 6.14. The fourth-order valence-corrected chi connectivity index (χ4v) is 3.25. The van der Waals surface area contributed by atoms with E-state index in [-0.39, 0.29) is 5.91 Å². The number of aromatic nitrogens is 3. The number of nitrogens with one attached hydrogen (secondary N) is 3. The fourth-order valence-electron chi connectivity index (χ4n) is 3.25. The van der Waals surface area contributed by atoms with Gasteiger partial charge in [0.25, 0.3) is 5.91 Å². The predicted octanol–water partition coefficient (Wildman–Crippen LogP) is 4.96. The highest BCUT2D eigenvalue weighted by molar-refractivity contribution is 6.06. The van der Waals surface area contributed by atoms with Gasteiger partial charge in [0.15, 0.2) is 0 Å². The lowest BCUT2D eigenvalue weighted by Gasteiger charge is -2.06. The Balaban J connectivity index is 1.37. The van der Waals surface area contributed by atoms with Crippen LogP contribution < -0.4 is 5.32 Å². The minimum atomic E-state index is -0.142.